The SMILES string of the molecule is CCC(=C\c1sc2ccc(OC)cc2[n+]1CCCS(=O)(=O)O)/C=C1/Sc2ccc(OC)cc2N1CCCS(=O)(=O)O.CC[n+]1ccccc1. The Morgan fingerprint density at radius 1 is 0.898 bits per heavy atom. The molecule has 5 rings (SSSR count). The molecule has 0 bridgehead atoms. The molecular weight excluding hydrogens is 707 g/mol. The number of benzene rings is 2. The van der Waals surface area contributed by atoms with E-state index < -0.39 is 20.2 Å². The minimum absolute atomic E-state index is 0.241. The predicted octanol–water partition coefficient (Wildman–Crippen LogP) is 6.00. The van der Waals surface area contributed by atoms with Gasteiger partial charge in [0.25, 0.3) is 25.2 Å². The Hall–Kier alpha value is -3.47. The number of allylic oxidation sites excluding steroid dienone is 2. The molecule has 0 fully saturated rings. The van der Waals surface area contributed by atoms with Gasteiger partial charge in [-0.3, -0.25) is 9.11 Å². The highest BCUT2D eigenvalue weighted by Gasteiger charge is 2.27. The molecule has 0 spiro atoms. The number of hydrogen-bond donors (Lipinski definition) is 2. The van der Waals surface area contributed by atoms with E-state index in [1.54, 1.807) is 37.3 Å². The number of thiazole rings is 1. The fourth-order valence-corrected chi connectivity index (χ4v) is 8.39. The first-order valence-corrected chi connectivity index (χ1v) is 20.6. The number of nitrogens with zero attached hydrogens (tertiary/aromatic N) is 3. The first-order chi connectivity index (χ1) is 23.3. The number of rotatable bonds is 14. The van der Waals surface area contributed by atoms with Crippen molar-refractivity contribution in [2.75, 3.05) is 37.2 Å². The number of ether oxygens (including phenoxy) is 2. The van der Waals surface area contributed by atoms with Gasteiger partial charge in [0.2, 0.25) is 5.52 Å². The molecule has 2 N–H and O–H groups in total. The molecule has 264 valence electrons. The second-order valence-electron chi connectivity index (χ2n) is 11.1. The summed E-state index contributed by atoms with van der Waals surface area (Å²) in [5, 5.41) is 1.83. The van der Waals surface area contributed by atoms with Crippen molar-refractivity contribution in [2.45, 2.75) is 51.1 Å². The maximum Gasteiger partial charge on any atom is 0.265 e. The van der Waals surface area contributed by atoms with E-state index in [4.69, 9.17) is 9.47 Å². The van der Waals surface area contributed by atoms with E-state index in [0.29, 0.717) is 31.0 Å². The maximum atomic E-state index is 11.4. The zero-order valence-corrected chi connectivity index (χ0v) is 31.2. The fourth-order valence-electron chi connectivity index (χ4n) is 5.11. The lowest BCUT2D eigenvalue weighted by atomic mass is 10.2. The number of anilines is 1. The van der Waals surface area contributed by atoms with Crippen molar-refractivity contribution in [1.29, 1.82) is 0 Å². The van der Waals surface area contributed by atoms with Crippen molar-refractivity contribution in [3.05, 3.63) is 88.7 Å². The molecule has 2 aromatic carbocycles. The monoisotopic (exact) mass is 749 g/mol. The van der Waals surface area contributed by atoms with Crippen LogP contribution in [0, 0.1) is 0 Å². The van der Waals surface area contributed by atoms with E-state index in [1.807, 2.05) is 71.0 Å². The maximum absolute atomic E-state index is 11.4. The third kappa shape index (κ3) is 11.3. The number of pyridine rings is 1. The lowest BCUT2D eigenvalue weighted by Crippen LogP contribution is -2.36. The van der Waals surface area contributed by atoms with Crippen LogP contribution in [0.2, 0.25) is 0 Å². The second kappa shape index (κ2) is 17.5. The minimum atomic E-state index is -4.08. The summed E-state index contributed by atoms with van der Waals surface area (Å²) >= 11 is 3.14. The Morgan fingerprint density at radius 3 is 2.16 bits per heavy atom. The Balaban J connectivity index is 0.000000592. The van der Waals surface area contributed by atoms with Crippen molar-refractivity contribution < 1.29 is 44.5 Å². The van der Waals surface area contributed by atoms with Gasteiger partial charge in [0, 0.05) is 42.1 Å². The van der Waals surface area contributed by atoms with Gasteiger partial charge in [0.05, 0.1) is 42.5 Å². The summed E-state index contributed by atoms with van der Waals surface area (Å²) < 4.78 is 80.0. The summed E-state index contributed by atoms with van der Waals surface area (Å²) in [7, 11) is -4.99. The van der Waals surface area contributed by atoms with Crippen LogP contribution >= 0.6 is 23.1 Å². The molecule has 0 amide bonds. The second-order valence-corrected chi connectivity index (χ2v) is 16.3. The number of fused-ring (bicyclic) bond motifs is 2. The predicted molar refractivity (Wildman–Crippen MR) is 195 cm³/mol. The molecule has 0 unspecified atom stereocenters. The molecule has 0 saturated heterocycles. The van der Waals surface area contributed by atoms with Gasteiger partial charge in [-0.15, -0.1) is 0 Å². The summed E-state index contributed by atoms with van der Waals surface area (Å²) in [6.07, 6.45) is 9.43. The van der Waals surface area contributed by atoms with E-state index >= 15 is 0 Å². The third-order valence-electron chi connectivity index (χ3n) is 7.61. The smallest absolute Gasteiger partial charge is 0.265 e. The van der Waals surface area contributed by atoms with Crippen LogP contribution in [0.1, 0.15) is 38.1 Å². The summed E-state index contributed by atoms with van der Waals surface area (Å²) in [5.41, 5.74) is 2.82. The summed E-state index contributed by atoms with van der Waals surface area (Å²) in [6.45, 7) is 5.99. The Morgan fingerprint density at radius 2 is 1.55 bits per heavy atom. The molecule has 2 aromatic heterocycles. The molecule has 11 nitrogen and oxygen atoms in total. The summed E-state index contributed by atoms with van der Waals surface area (Å²) in [6, 6.07) is 17.6. The molecule has 4 aromatic rings. The average molecular weight is 750 g/mol. The topological polar surface area (TPSA) is 138 Å². The zero-order chi connectivity index (χ0) is 35.6. The normalized spacial score (nSPS) is 14.1. The van der Waals surface area contributed by atoms with Gasteiger partial charge in [0.1, 0.15) is 22.7 Å². The Labute approximate surface area is 297 Å². The molecule has 0 aliphatic carbocycles. The van der Waals surface area contributed by atoms with Gasteiger partial charge in [-0.1, -0.05) is 36.1 Å². The molecule has 1 aliphatic heterocycles. The number of aryl methyl sites for hydroxylation is 2. The van der Waals surface area contributed by atoms with Gasteiger partial charge in [-0.05, 0) is 55.7 Å². The third-order valence-corrected chi connectivity index (χ3v) is 11.4. The number of hydrogen-bond acceptors (Lipinski definition) is 9. The number of thioether (sulfide) groups is 1. The van der Waals surface area contributed by atoms with Gasteiger partial charge < -0.3 is 14.4 Å². The first-order valence-electron chi connectivity index (χ1n) is 15.7. The van der Waals surface area contributed by atoms with Gasteiger partial charge in [-0.25, -0.2) is 4.57 Å². The van der Waals surface area contributed by atoms with Crippen molar-refractivity contribution in [3.8, 4) is 11.5 Å². The van der Waals surface area contributed by atoms with E-state index in [-0.39, 0.29) is 24.3 Å². The minimum Gasteiger partial charge on any atom is -0.497 e. The van der Waals surface area contributed by atoms with Crippen LogP contribution in [0.25, 0.3) is 16.3 Å². The van der Waals surface area contributed by atoms with Crippen molar-refractivity contribution in [3.63, 3.8) is 0 Å². The van der Waals surface area contributed by atoms with E-state index in [9.17, 15) is 25.9 Å². The molecule has 1 aliphatic rings. The first kappa shape index (κ1) is 38.3. The van der Waals surface area contributed by atoms with E-state index in [1.165, 1.54) is 0 Å². The van der Waals surface area contributed by atoms with Gasteiger partial charge in [-0.2, -0.15) is 21.4 Å². The van der Waals surface area contributed by atoms with Crippen LogP contribution in [-0.2, 0) is 33.3 Å². The van der Waals surface area contributed by atoms with Crippen molar-refractivity contribution in [2.24, 2.45) is 0 Å². The van der Waals surface area contributed by atoms with Crippen LogP contribution in [0.3, 0.4) is 0 Å². The molecule has 0 saturated carbocycles. The van der Waals surface area contributed by atoms with Crippen molar-refractivity contribution in [1.82, 2.24) is 0 Å². The van der Waals surface area contributed by atoms with Crippen LogP contribution in [0.5, 0.6) is 11.5 Å². The molecular formula is C34H43N3O8S4+2. The van der Waals surface area contributed by atoms with Gasteiger partial charge >= 0.3 is 0 Å². The molecule has 0 atom stereocenters. The quantitative estimate of drug-likeness (QED) is 0.117. The van der Waals surface area contributed by atoms with Crippen LogP contribution in [-0.4, -0.2) is 58.2 Å². The number of methoxy groups -OCH3 is 2. The van der Waals surface area contributed by atoms with Crippen molar-refractivity contribution >= 4 is 65.3 Å². The summed E-state index contributed by atoms with van der Waals surface area (Å²) in [4.78, 5) is 3.04. The van der Waals surface area contributed by atoms with Crippen LogP contribution < -0.4 is 23.5 Å². The molecule has 3 heterocycles. The average Bonchev–Trinajstić information content (AvgIpc) is 3.59. The highest BCUT2D eigenvalue weighted by atomic mass is 32.2. The Bertz CT molecular complexity index is 2010. The fraction of sp³-hybridized carbons (Fsp3) is 0.353. The lowest BCUT2D eigenvalue weighted by molar-refractivity contribution is -0.693. The molecule has 0 radical (unpaired) electrons. The lowest BCUT2D eigenvalue weighted by Gasteiger charge is -2.21. The highest BCUT2D eigenvalue weighted by Crippen LogP contribution is 2.48. The van der Waals surface area contributed by atoms with Crippen LogP contribution in [0.4, 0.5) is 5.69 Å². The largest absolute Gasteiger partial charge is 0.497 e. The standard InChI is InChI=1S/C27H32N2O8S4.C7H10N/c1-4-19(15-26-28(11-5-13-40(30,31)32)22-17-20(36-2)7-9-24(22)38-26)16-27-29(12-6-14-41(33,34)35)23-18-21(37-3)8-10-25(23)39-27;1-2-8-6-4-3-5-7-8/h7-10,15-18H,4-6,11-14H2,1-3H3,(H-,30,31,32,33,34,35);3-7H,2H2,1H3/q;+1/p+1. The zero-order valence-electron chi connectivity index (χ0n) is 28.0. The number of aromatic nitrogens is 2. The molecule has 49 heavy (non-hydrogen) atoms. The summed E-state index contributed by atoms with van der Waals surface area (Å²) in [5.74, 6) is 0.685. The highest BCUT2D eigenvalue weighted by molar-refractivity contribution is 8.03. The van der Waals surface area contributed by atoms with E-state index in [0.717, 1.165) is 43.0 Å². The van der Waals surface area contributed by atoms with Crippen LogP contribution in [0.15, 0.2) is 88.6 Å². The Kier molecular flexibility index (Phi) is 13.7. The van der Waals surface area contributed by atoms with E-state index in [2.05, 4.69) is 36.0 Å². The van der Waals surface area contributed by atoms with Gasteiger partial charge in [0.15, 0.2) is 18.9 Å². The molecule has 15 heteroatoms.